The fourth-order valence-electron chi connectivity index (χ4n) is 2.95. The maximum Gasteiger partial charge on any atom is 0.253 e. The molecule has 0 radical (unpaired) electrons. The Morgan fingerprint density at radius 1 is 1.36 bits per heavy atom. The number of halogens is 2. The summed E-state index contributed by atoms with van der Waals surface area (Å²) >= 11 is 12.3. The molecule has 0 aromatic heterocycles. The number of carbonyl (C=O) groups is 1. The van der Waals surface area contributed by atoms with E-state index in [9.17, 15) is 4.79 Å². The second-order valence-electron chi connectivity index (χ2n) is 5.96. The Hall–Kier alpha value is -0.770. The Labute approximate surface area is 142 Å². The maximum absolute atomic E-state index is 12.7. The van der Waals surface area contributed by atoms with E-state index in [1.165, 1.54) is 6.42 Å². The highest BCUT2D eigenvalue weighted by molar-refractivity contribution is 6.36. The second kappa shape index (κ2) is 8.19. The molecule has 1 aromatic carbocycles. The zero-order chi connectivity index (χ0) is 16.1. The third-order valence-electron chi connectivity index (χ3n) is 4.29. The van der Waals surface area contributed by atoms with E-state index in [2.05, 4.69) is 0 Å². The van der Waals surface area contributed by atoms with E-state index in [0.29, 0.717) is 21.5 Å². The van der Waals surface area contributed by atoms with E-state index in [0.717, 1.165) is 44.5 Å². The molecule has 1 aliphatic rings. The van der Waals surface area contributed by atoms with Crippen molar-refractivity contribution in [3.05, 3.63) is 33.3 Å². The van der Waals surface area contributed by atoms with E-state index in [-0.39, 0.29) is 5.91 Å². The number of likely N-dealkylation sites (tertiary alicyclic amines) is 1. The number of methoxy groups -OCH3 is 1. The smallest absolute Gasteiger partial charge is 0.253 e. The minimum atomic E-state index is 0.0280. The Balaban J connectivity index is 2.02. The number of hydrogen-bond donors (Lipinski definition) is 0. The lowest BCUT2D eigenvalue weighted by molar-refractivity contribution is 0.0660. The molecule has 1 amide bonds. The molecule has 1 heterocycles. The zero-order valence-electron chi connectivity index (χ0n) is 13.2. The summed E-state index contributed by atoms with van der Waals surface area (Å²) in [5.41, 5.74) is 1.40. The zero-order valence-corrected chi connectivity index (χ0v) is 14.7. The van der Waals surface area contributed by atoms with Gasteiger partial charge in [-0.25, -0.2) is 0 Å². The molecule has 2 rings (SSSR count). The highest BCUT2D eigenvalue weighted by Gasteiger charge is 2.25. The van der Waals surface area contributed by atoms with Gasteiger partial charge >= 0.3 is 0 Å². The lowest BCUT2D eigenvalue weighted by Crippen LogP contribution is -2.40. The third kappa shape index (κ3) is 4.37. The summed E-state index contributed by atoms with van der Waals surface area (Å²) in [6.45, 7) is 4.26. The average molecular weight is 344 g/mol. The molecule has 0 saturated carbocycles. The van der Waals surface area contributed by atoms with Gasteiger partial charge in [0, 0.05) is 42.4 Å². The van der Waals surface area contributed by atoms with Crippen molar-refractivity contribution in [2.75, 3.05) is 26.8 Å². The third-order valence-corrected chi connectivity index (χ3v) is 5.08. The van der Waals surface area contributed by atoms with Crippen LogP contribution in [-0.2, 0) is 4.74 Å². The lowest BCUT2D eigenvalue weighted by Gasteiger charge is -2.33. The van der Waals surface area contributed by atoms with Gasteiger partial charge in [-0.1, -0.05) is 23.2 Å². The van der Waals surface area contributed by atoms with Crippen molar-refractivity contribution in [2.45, 2.75) is 32.6 Å². The molecular weight excluding hydrogens is 321 g/mol. The number of ether oxygens (including phenoxy) is 1. The number of rotatable bonds is 5. The van der Waals surface area contributed by atoms with Crippen molar-refractivity contribution in [1.82, 2.24) is 4.90 Å². The van der Waals surface area contributed by atoms with Crippen LogP contribution in [-0.4, -0.2) is 37.6 Å². The fourth-order valence-corrected chi connectivity index (χ4v) is 3.44. The van der Waals surface area contributed by atoms with Crippen LogP contribution in [0.15, 0.2) is 12.1 Å². The SMILES string of the molecule is COCCC[C@@H]1CCCN(C(=O)c2cc(Cl)c(C)c(Cl)c2)C1. The number of hydrogen-bond acceptors (Lipinski definition) is 2. The van der Waals surface area contributed by atoms with E-state index < -0.39 is 0 Å². The molecule has 122 valence electrons. The van der Waals surface area contributed by atoms with Crippen molar-refractivity contribution >= 4 is 29.1 Å². The van der Waals surface area contributed by atoms with Crippen LogP contribution in [0.2, 0.25) is 10.0 Å². The van der Waals surface area contributed by atoms with Gasteiger partial charge in [-0.3, -0.25) is 4.79 Å². The fraction of sp³-hybridized carbons (Fsp3) is 0.588. The van der Waals surface area contributed by atoms with Gasteiger partial charge in [0.2, 0.25) is 0 Å². The molecule has 0 aliphatic carbocycles. The molecule has 1 saturated heterocycles. The molecule has 1 aromatic rings. The molecule has 3 nitrogen and oxygen atoms in total. The molecular formula is C17H23Cl2NO2. The Bertz CT molecular complexity index is 510. The summed E-state index contributed by atoms with van der Waals surface area (Å²) in [7, 11) is 1.72. The quantitative estimate of drug-likeness (QED) is 0.732. The van der Waals surface area contributed by atoms with Gasteiger partial charge in [0.05, 0.1) is 0 Å². The van der Waals surface area contributed by atoms with Gasteiger partial charge in [-0.15, -0.1) is 0 Å². The van der Waals surface area contributed by atoms with Gasteiger partial charge in [0.1, 0.15) is 0 Å². The Morgan fingerprint density at radius 2 is 2.05 bits per heavy atom. The van der Waals surface area contributed by atoms with Crippen LogP contribution in [0.4, 0.5) is 0 Å². The number of amides is 1. The monoisotopic (exact) mass is 343 g/mol. The van der Waals surface area contributed by atoms with Crippen molar-refractivity contribution in [3.8, 4) is 0 Å². The molecule has 1 fully saturated rings. The highest BCUT2D eigenvalue weighted by Crippen LogP contribution is 2.28. The maximum atomic E-state index is 12.7. The second-order valence-corrected chi connectivity index (χ2v) is 6.77. The number of nitrogens with zero attached hydrogens (tertiary/aromatic N) is 1. The molecule has 0 unspecified atom stereocenters. The summed E-state index contributed by atoms with van der Waals surface area (Å²) in [6, 6.07) is 3.44. The van der Waals surface area contributed by atoms with Crippen LogP contribution in [0.5, 0.6) is 0 Å². The van der Waals surface area contributed by atoms with E-state index in [4.69, 9.17) is 27.9 Å². The highest BCUT2D eigenvalue weighted by atomic mass is 35.5. The minimum Gasteiger partial charge on any atom is -0.385 e. The van der Waals surface area contributed by atoms with Crippen molar-refractivity contribution in [1.29, 1.82) is 0 Å². The summed E-state index contributed by atoms with van der Waals surface area (Å²) in [5, 5.41) is 1.09. The molecule has 5 heteroatoms. The molecule has 1 aliphatic heterocycles. The van der Waals surface area contributed by atoms with Crippen LogP contribution in [0.1, 0.15) is 41.6 Å². The van der Waals surface area contributed by atoms with Crippen molar-refractivity contribution in [3.63, 3.8) is 0 Å². The van der Waals surface area contributed by atoms with Crippen LogP contribution < -0.4 is 0 Å². The van der Waals surface area contributed by atoms with Crippen molar-refractivity contribution < 1.29 is 9.53 Å². The van der Waals surface area contributed by atoms with Crippen LogP contribution >= 0.6 is 23.2 Å². The van der Waals surface area contributed by atoms with E-state index >= 15 is 0 Å². The standard InChI is InChI=1S/C17H23Cl2NO2/c1-12-15(18)9-14(10-16(12)19)17(21)20-7-3-5-13(11-20)6-4-8-22-2/h9-10,13H,3-8,11H2,1-2H3/t13-/m0/s1. The summed E-state index contributed by atoms with van der Waals surface area (Å²) in [5.74, 6) is 0.587. The van der Waals surface area contributed by atoms with Crippen LogP contribution in [0.3, 0.4) is 0 Å². The molecule has 0 bridgehead atoms. The van der Waals surface area contributed by atoms with Gasteiger partial charge in [0.15, 0.2) is 0 Å². The lowest BCUT2D eigenvalue weighted by atomic mass is 9.93. The number of benzene rings is 1. The first kappa shape index (κ1) is 17.6. The first-order valence-corrected chi connectivity index (χ1v) is 8.52. The van der Waals surface area contributed by atoms with Gasteiger partial charge in [-0.05, 0) is 56.2 Å². The summed E-state index contributed by atoms with van der Waals surface area (Å²) in [4.78, 5) is 14.6. The van der Waals surface area contributed by atoms with Crippen LogP contribution in [0, 0.1) is 12.8 Å². The van der Waals surface area contributed by atoms with Gasteiger partial charge in [-0.2, -0.15) is 0 Å². The van der Waals surface area contributed by atoms with E-state index in [1.54, 1.807) is 19.2 Å². The first-order chi connectivity index (χ1) is 10.5. The topological polar surface area (TPSA) is 29.5 Å². The largest absolute Gasteiger partial charge is 0.385 e. The van der Waals surface area contributed by atoms with Gasteiger partial charge in [0.25, 0.3) is 5.91 Å². The predicted octanol–water partition coefficient (Wildman–Crippen LogP) is 4.58. The number of piperidine rings is 1. The Morgan fingerprint density at radius 3 is 2.68 bits per heavy atom. The molecule has 1 atom stereocenters. The Kier molecular flexibility index (Phi) is 6.54. The van der Waals surface area contributed by atoms with E-state index in [1.807, 2.05) is 11.8 Å². The van der Waals surface area contributed by atoms with Crippen molar-refractivity contribution in [2.24, 2.45) is 5.92 Å². The molecule has 0 N–H and O–H groups in total. The summed E-state index contributed by atoms with van der Waals surface area (Å²) < 4.78 is 5.10. The first-order valence-electron chi connectivity index (χ1n) is 7.76. The van der Waals surface area contributed by atoms with Crippen LogP contribution in [0.25, 0.3) is 0 Å². The molecule has 0 spiro atoms. The molecule has 22 heavy (non-hydrogen) atoms. The minimum absolute atomic E-state index is 0.0280. The average Bonchev–Trinajstić information content (AvgIpc) is 2.52. The normalized spacial score (nSPS) is 18.5. The number of carbonyl (C=O) groups excluding carboxylic acids is 1. The predicted molar refractivity (Wildman–Crippen MR) is 90.9 cm³/mol. The van der Waals surface area contributed by atoms with Gasteiger partial charge < -0.3 is 9.64 Å². The summed E-state index contributed by atoms with van der Waals surface area (Å²) in [6.07, 6.45) is 4.39.